The quantitative estimate of drug-likeness (QED) is 0.585. The first-order valence-electron chi connectivity index (χ1n) is 8.91. The maximum Gasteiger partial charge on any atom is 0.411 e. The Balaban J connectivity index is 1.71. The number of nitrogens with one attached hydrogen (secondary N) is 1. The summed E-state index contributed by atoms with van der Waals surface area (Å²) in [6.45, 7) is 0.0882. The molecule has 1 aromatic heterocycles. The molecule has 0 unspecified atom stereocenters. The number of aromatic nitrogens is 2. The second kappa shape index (κ2) is 8.91. The maximum atomic E-state index is 12.8. The van der Waals surface area contributed by atoms with E-state index in [2.05, 4.69) is 15.2 Å². The highest BCUT2D eigenvalue weighted by Crippen LogP contribution is 2.18. The Morgan fingerprint density at radius 1 is 1.07 bits per heavy atom. The van der Waals surface area contributed by atoms with E-state index in [9.17, 15) is 22.8 Å². The molecule has 0 fully saturated rings. The molecule has 30 heavy (non-hydrogen) atoms. The van der Waals surface area contributed by atoms with E-state index in [1.165, 1.54) is 18.5 Å². The third-order valence-corrected chi connectivity index (χ3v) is 4.11. The summed E-state index contributed by atoms with van der Waals surface area (Å²) in [6.07, 6.45) is -1.82. The van der Waals surface area contributed by atoms with Gasteiger partial charge in [0.2, 0.25) is 0 Å². The fourth-order valence-corrected chi connectivity index (χ4v) is 2.69. The highest BCUT2D eigenvalue weighted by molar-refractivity contribution is 6.17. The number of hydrogen-bond donors (Lipinski definition) is 1. The fraction of sp³-hybridized carbons (Fsp3) is 0.190. The first kappa shape index (κ1) is 21.3. The van der Waals surface area contributed by atoms with E-state index in [-0.39, 0.29) is 22.6 Å². The van der Waals surface area contributed by atoms with E-state index in [0.29, 0.717) is 5.56 Å². The number of ether oxygens (including phenoxy) is 1. The van der Waals surface area contributed by atoms with Crippen molar-refractivity contribution >= 4 is 17.4 Å². The van der Waals surface area contributed by atoms with Gasteiger partial charge in [0.25, 0.3) is 5.91 Å². The third kappa shape index (κ3) is 5.54. The summed E-state index contributed by atoms with van der Waals surface area (Å²) < 4.78 is 42.0. The van der Waals surface area contributed by atoms with Crippen LogP contribution in [0.15, 0.2) is 60.9 Å². The molecular weight excluding hydrogens is 399 g/mol. The molecule has 3 rings (SSSR count). The lowest BCUT2D eigenvalue weighted by molar-refractivity contribution is -0.182. The molecule has 3 aromatic rings. The van der Waals surface area contributed by atoms with Gasteiger partial charge < -0.3 is 10.1 Å². The van der Waals surface area contributed by atoms with Crippen LogP contribution in [-0.4, -0.2) is 34.3 Å². The van der Waals surface area contributed by atoms with E-state index < -0.39 is 25.4 Å². The van der Waals surface area contributed by atoms with Gasteiger partial charge in [-0.1, -0.05) is 48.0 Å². The molecule has 0 atom stereocenters. The number of alkyl halides is 3. The Labute approximate surface area is 170 Å². The fourth-order valence-electron chi connectivity index (χ4n) is 2.69. The average molecular weight is 417 g/mol. The summed E-state index contributed by atoms with van der Waals surface area (Å²) in [7, 11) is 0. The van der Waals surface area contributed by atoms with Gasteiger partial charge in [-0.15, -0.1) is 0 Å². The van der Waals surface area contributed by atoms with Crippen molar-refractivity contribution in [3.63, 3.8) is 0 Å². The second-order valence-electron chi connectivity index (χ2n) is 6.56. The Kier molecular flexibility index (Phi) is 6.31. The Hall–Kier alpha value is -3.46. The minimum absolute atomic E-state index is 0.171. The van der Waals surface area contributed by atoms with Crippen molar-refractivity contribution in [2.45, 2.75) is 19.8 Å². The number of hydrogen-bond acceptors (Lipinski definition) is 4. The maximum absolute atomic E-state index is 12.8. The molecule has 9 heteroatoms. The topological polar surface area (TPSA) is 73.2 Å². The Morgan fingerprint density at radius 3 is 2.40 bits per heavy atom. The first-order valence-corrected chi connectivity index (χ1v) is 8.91. The molecule has 0 aliphatic carbocycles. The number of rotatable bonds is 7. The van der Waals surface area contributed by atoms with Crippen molar-refractivity contribution in [2.24, 2.45) is 0 Å². The lowest BCUT2D eigenvalue weighted by atomic mass is 9.97. The van der Waals surface area contributed by atoms with Gasteiger partial charge in [0.1, 0.15) is 13.3 Å². The average Bonchev–Trinajstić information content (AvgIpc) is 3.14. The molecule has 2 aromatic carbocycles. The van der Waals surface area contributed by atoms with Crippen molar-refractivity contribution in [1.82, 2.24) is 9.78 Å². The highest BCUT2D eigenvalue weighted by Gasteiger charge is 2.27. The number of benzene rings is 2. The van der Waals surface area contributed by atoms with Crippen LogP contribution in [-0.2, 0) is 11.5 Å². The van der Waals surface area contributed by atoms with E-state index in [0.717, 1.165) is 10.2 Å². The molecule has 0 aliphatic rings. The predicted molar refractivity (Wildman–Crippen MR) is 103 cm³/mol. The smallest absolute Gasteiger partial charge is 0.350 e. The Bertz CT molecular complexity index is 1040. The van der Waals surface area contributed by atoms with E-state index in [4.69, 9.17) is 0 Å². The minimum atomic E-state index is -4.43. The molecule has 6 nitrogen and oxygen atoms in total. The van der Waals surface area contributed by atoms with Crippen molar-refractivity contribution < 1.29 is 27.5 Å². The largest absolute Gasteiger partial charge is 0.411 e. The summed E-state index contributed by atoms with van der Waals surface area (Å²) in [6, 6.07) is 13.4. The van der Waals surface area contributed by atoms with Crippen molar-refractivity contribution in [3.05, 3.63) is 83.2 Å². The molecule has 0 radical (unpaired) electrons. The van der Waals surface area contributed by atoms with Crippen molar-refractivity contribution in [2.75, 3.05) is 11.9 Å². The van der Waals surface area contributed by atoms with Crippen LogP contribution in [0.1, 0.15) is 31.8 Å². The van der Waals surface area contributed by atoms with Crippen molar-refractivity contribution in [1.29, 1.82) is 0 Å². The standard InChI is InChI=1S/C21H18F3N3O3/c1-14-6-8-15(9-7-14)19(28)17-4-2-3-5-18(17)20(29)26-16-10-25-27(11-16)13-30-12-21(22,23)24/h2-11H,12-13H2,1H3,(H,26,29). The molecule has 0 bridgehead atoms. The van der Waals surface area contributed by atoms with Crippen LogP contribution in [0.2, 0.25) is 0 Å². The molecule has 1 heterocycles. The molecule has 1 N–H and O–H groups in total. The molecule has 0 spiro atoms. The summed E-state index contributed by atoms with van der Waals surface area (Å²) in [5, 5.41) is 6.43. The van der Waals surface area contributed by atoms with Crippen LogP contribution < -0.4 is 5.32 Å². The van der Waals surface area contributed by atoms with Crippen LogP contribution in [0.4, 0.5) is 18.9 Å². The monoisotopic (exact) mass is 417 g/mol. The second-order valence-corrected chi connectivity index (χ2v) is 6.56. The van der Waals surface area contributed by atoms with E-state index >= 15 is 0 Å². The van der Waals surface area contributed by atoms with Gasteiger partial charge in [-0.25, -0.2) is 4.68 Å². The number of anilines is 1. The minimum Gasteiger partial charge on any atom is -0.350 e. The summed E-state index contributed by atoms with van der Waals surface area (Å²) in [4.78, 5) is 25.5. The highest BCUT2D eigenvalue weighted by atomic mass is 19.4. The summed E-state index contributed by atoms with van der Waals surface area (Å²) >= 11 is 0. The normalized spacial score (nSPS) is 11.3. The zero-order chi connectivity index (χ0) is 21.7. The SMILES string of the molecule is Cc1ccc(C(=O)c2ccccc2C(=O)Nc2cnn(COCC(F)(F)F)c2)cc1. The van der Waals surface area contributed by atoms with Gasteiger partial charge in [0, 0.05) is 11.1 Å². The summed E-state index contributed by atoms with van der Waals surface area (Å²) in [5.74, 6) is -0.834. The van der Waals surface area contributed by atoms with Crippen LogP contribution in [0, 0.1) is 6.92 Å². The molecule has 0 aliphatic heterocycles. The first-order chi connectivity index (χ1) is 14.2. The predicted octanol–water partition coefficient (Wildman–Crippen LogP) is 4.21. The number of carbonyl (C=O) groups excluding carboxylic acids is 2. The number of carbonyl (C=O) groups is 2. The van der Waals surface area contributed by atoms with Gasteiger partial charge in [0.15, 0.2) is 5.78 Å². The molecule has 156 valence electrons. The number of ketones is 1. The zero-order valence-corrected chi connectivity index (χ0v) is 15.9. The van der Waals surface area contributed by atoms with Gasteiger partial charge in [0.05, 0.1) is 23.6 Å². The number of aryl methyl sites for hydroxylation is 1. The van der Waals surface area contributed by atoms with Crippen LogP contribution in [0.5, 0.6) is 0 Å². The van der Waals surface area contributed by atoms with Gasteiger partial charge in [-0.2, -0.15) is 18.3 Å². The molecule has 1 amide bonds. The number of amides is 1. The Morgan fingerprint density at radius 2 is 1.73 bits per heavy atom. The van der Waals surface area contributed by atoms with Crippen LogP contribution >= 0.6 is 0 Å². The van der Waals surface area contributed by atoms with E-state index in [1.54, 1.807) is 30.3 Å². The van der Waals surface area contributed by atoms with Gasteiger partial charge in [-0.3, -0.25) is 9.59 Å². The van der Waals surface area contributed by atoms with Gasteiger partial charge in [-0.05, 0) is 13.0 Å². The number of halogens is 3. The van der Waals surface area contributed by atoms with Crippen LogP contribution in [0.3, 0.4) is 0 Å². The zero-order valence-electron chi connectivity index (χ0n) is 15.9. The third-order valence-electron chi connectivity index (χ3n) is 4.11. The lowest BCUT2D eigenvalue weighted by Gasteiger charge is -2.09. The molecular formula is C21H18F3N3O3. The van der Waals surface area contributed by atoms with Crippen LogP contribution in [0.25, 0.3) is 0 Å². The van der Waals surface area contributed by atoms with Gasteiger partial charge >= 0.3 is 6.18 Å². The summed E-state index contributed by atoms with van der Waals surface area (Å²) in [5.41, 5.74) is 2.13. The molecule has 0 saturated carbocycles. The number of nitrogens with zero attached hydrogens (tertiary/aromatic N) is 2. The molecule has 0 saturated heterocycles. The van der Waals surface area contributed by atoms with E-state index in [1.807, 2.05) is 19.1 Å². The van der Waals surface area contributed by atoms with Crippen molar-refractivity contribution in [3.8, 4) is 0 Å². The lowest BCUT2D eigenvalue weighted by Crippen LogP contribution is -2.18.